The summed E-state index contributed by atoms with van der Waals surface area (Å²) in [5.74, 6) is 7.68. The summed E-state index contributed by atoms with van der Waals surface area (Å²) in [4.78, 5) is 61.9. The highest BCUT2D eigenvalue weighted by atomic mass is 16.7. The lowest BCUT2D eigenvalue weighted by molar-refractivity contribution is -0.213. The smallest absolute Gasteiger partial charge is 0.313 e. The minimum Gasteiger partial charge on any atom is -0.438 e. The Morgan fingerprint density at radius 1 is 0.307 bits per heavy atom. The van der Waals surface area contributed by atoms with E-state index in [0.29, 0.717) is 35.9 Å². The summed E-state index contributed by atoms with van der Waals surface area (Å²) in [6, 6.07) is 0. The number of carbonyl (C=O) groups excluding carboxylic acids is 5. The molecule has 18 aliphatic rings. The molecule has 0 aromatic heterocycles. The number of hydrogen-bond donors (Lipinski definition) is 0. The van der Waals surface area contributed by atoms with Gasteiger partial charge in [-0.15, -0.1) is 0 Å². The van der Waals surface area contributed by atoms with Crippen molar-refractivity contribution in [2.24, 2.45) is 94.7 Å². The molecule has 0 aromatic rings. The number of carbonyl (C=O) groups is 5. The van der Waals surface area contributed by atoms with E-state index < -0.39 is 0 Å². The number of ether oxygens (including phenoxy) is 15. The van der Waals surface area contributed by atoms with Gasteiger partial charge in [-0.2, -0.15) is 0 Å². The second-order valence-corrected chi connectivity index (χ2v) is 38.8. The van der Waals surface area contributed by atoms with Crippen LogP contribution in [0.15, 0.2) is 0 Å². The van der Waals surface area contributed by atoms with Gasteiger partial charge >= 0.3 is 29.8 Å². The first-order chi connectivity index (χ1) is 55.2. The maximum Gasteiger partial charge on any atom is 0.313 e. The van der Waals surface area contributed by atoms with Gasteiger partial charge in [-0.3, -0.25) is 24.0 Å². The topological polar surface area (TPSA) is 224 Å². The van der Waals surface area contributed by atoms with Gasteiger partial charge in [-0.05, 0) is 309 Å². The SMILES string of the molecule is CCC1CC(C(=O)OCOC2(CC)CC3CCC2C3)C(CC)O1.CCC1CC(C(=O)OCOC2(CC)CCCCC2)C(CC)O1.CCC1CC(C(=O)OCOC23CC4CC(CC(C4)C2)C3)C(CC)O1.CCC1CC(C(=O)OCOC2C3CC4CC(C3)CC2C4)C(CC)O1.CCC1CC(C(=O)OCOC2CC3CCC2C3)C(CC)O1. The average molecular weight is 1610 g/mol. The molecule has 18 rings (SSSR count). The van der Waals surface area contributed by atoms with E-state index in [0.717, 1.165) is 176 Å². The molecule has 21 unspecified atom stereocenters. The summed E-state index contributed by atoms with van der Waals surface area (Å²) in [5, 5.41) is 0. The largest absolute Gasteiger partial charge is 0.438 e. The van der Waals surface area contributed by atoms with E-state index >= 15 is 0 Å². The minimum absolute atomic E-state index is 0.00673. The molecule has 0 radical (unpaired) electrons. The second-order valence-electron chi connectivity index (χ2n) is 38.8. The molecule has 12 bridgehead atoms. The van der Waals surface area contributed by atoms with Crippen molar-refractivity contribution in [2.75, 3.05) is 34.0 Å². The molecule has 5 heterocycles. The molecule has 0 amide bonds. The molecule has 13 saturated carbocycles. The Kier molecular flexibility index (Phi) is 33.7. The lowest BCUT2D eigenvalue weighted by atomic mass is 9.54. The molecule has 18 fully saturated rings. The molecule has 0 spiro atoms. The minimum atomic E-state index is -0.148. The van der Waals surface area contributed by atoms with Crippen LogP contribution in [-0.2, 0) is 95.0 Å². The van der Waals surface area contributed by atoms with Crippen LogP contribution < -0.4 is 0 Å². The Balaban J connectivity index is 0.000000132. The van der Waals surface area contributed by atoms with Gasteiger partial charge in [0.15, 0.2) is 34.0 Å². The van der Waals surface area contributed by atoms with E-state index in [-0.39, 0.29) is 171 Å². The Morgan fingerprint density at radius 3 is 1.02 bits per heavy atom. The predicted molar refractivity (Wildman–Crippen MR) is 433 cm³/mol. The summed E-state index contributed by atoms with van der Waals surface area (Å²) >= 11 is 0. The molecule has 652 valence electrons. The van der Waals surface area contributed by atoms with Crippen LogP contribution in [0.2, 0.25) is 0 Å². The second kappa shape index (κ2) is 42.6. The van der Waals surface area contributed by atoms with Gasteiger partial charge in [-0.1, -0.05) is 102 Å². The summed E-state index contributed by atoms with van der Waals surface area (Å²) in [6.45, 7) is 25.8. The molecule has 20 heteroatoms. The van der Waals surface area contributed by atoms with Crippen molar-refractivity contribution >= 4 is 29.8 Å². The Hall–Kier alpha value is -3.05. The fourth-order valence-electron chi connectivity index (χ4n) is 25.8. The van der Waals surface area contributed by atoms with E-state index in [4.69, 9.17) is 71.1 Å². The van der Waals surface area contributed by atoms with Gasteiger partial charge in [0.25, 0.3) is 0 Å². The van der Waals surface area contributed by atoms with Crippen LogP contribution >= 0.6 is 0 Å². The lowest BCUT2D eigenvalue weighted by Crippen LogP contribution is -2.52. The number of esters is 5. The highest BCUT2D eigenvalue weighted by Gasteiger charge is 2.55. The van der Waals surface area contributed by atoms with Gasteiger partial charge in [0.2, 0.25) is 0 Å². The van der Waals surface area contributed by atoms with E-state index in [1.807, 2.05) is 0 Å². The number of hydrogen-bond acceptors (Lipinski definition) is 20. The van der Waals surface area contributed by atoms with Gasteiger partial charge in [0, 0.05) is 0 Å². The van der Waals surface area contributed by atoms with Crippen molar-refractivity contribution in [3.63, 3.8) is 0 Å². The van der Waals surface area contributed by atoms with E-state index in [1.165, 1.54) is 128 Å². The van der Waals surface area contributed by atoms with Crippen LogP contribution in [0.25, 0.3) is 0 Å². The molecular weight excluding hydrogens is 1450 g/mol. The molecular formula is C94H156O20. The molecule has 0 aromatic carbocycles. The maximum atomic E-state index is 12.5. The standard InChI is InChI=1S/2C20H32O4.C19H32O4.C18H32O4.C17H28O4/c1-3-16-8-17(18(4-2)24-16)19(21)22-12-23-20-9-13-5-14(10-20)7-15(6-13)11-20;1-3-16-10-17(18(4-2)24-16)20(21)23-11-22-19-14-6-12-5-13(8-14)9-15(19)7-12;1-4-15-10-16(17(5-2)23-15)18(20)21-12-22-19(6-3)11-13-7-8-14(19)9-13;1-4-14-12-15(16(5-2)22-14)17(19)20-13-21-18(6-3)10-8-7-9-11-18;1-3-13-9-14(15(4-2)21-13)17(18)20-10-19-16-8-11-5-6-12(16)7-11/h13-18H,3-12H2,1-2H3;12-19H,3-11H2,1-2H3;13-17H,4-12H2,1-3H3;14-16H,4-13H2,1-3H3;11-16H,3-10H2,1-2H3. The molecule has 114 heavy (non-hydrogen) atoms. The van der Waals surface area contributed by atoms with Crippen molar-refractivity contribution in [2.45, 2.75) is 436 Å². The van der Waals surface area contributed by atoms with Crippen LogP contribution in [0, 0.1) is 94.7 Å². The first kappa shape index (κ1) is 90.2. The van der Waals surface area contributed by atoms with Crippen LogP contribution in [0.3, 0.4) is 0 Å². The molecule has 5 saturated heterocycles. The third-order valence-electron chi connectivity index (χ3n) is 31.8. The Bertz CT molecular complexity index is 2910. The van der Waals surface area contributed by atoms with Gasteiger partial charge < -0.3 is 71.1 Å². The zero-order chi connectivity index (χ0) is 80.7. The summed E-state index contributed by atoms with van der Waals surface area (Å²) in [7, 11) is 0. The van der Waals surface area contributed by atoms with Crippen molar-refractivity contribution in [1.82, 2.24) is 0 Å². The number of rotatable bonds is 32. The van der Waals surface area contributed by atoms with Crippen LogP contribution in [0.1, 0.15) is 346 Å². The summed E-state index contributed by atoms with van der Waals surface area (Å²) < 4.78 is 87.2. The zero-order valence-electron chi connectivity index (χ0n) is 72.9. The van der Waals surface area contributed by atoms with Crippen molar-refractivity contribution < 1.29 is 95.0 Å². The highest BCUT2D eigenvalue weighted by molar-refractivity contribution is 5.75. The third kappa shape index (κ3) is 22.4. The monoisotopic (exact) mass is 1610 g/mol. The van der Waals surface area contributed by atoms with Crippen LogP contribution in [0.5, 0.6) is 0 Å². The summed E-state index contributed by atoms with van der Waals surface area (Å²) in [5.41, 5.74) is -0.0936. The Morgan fingerprint density at radius 2 is 0.675 bits per heavy atom. The molecule has 20 nitrogen and oxygen atoms in total. The van der Waals surface area contributed by atoms with E-state index in [1.54, 1.807) is 0 Å². The van der Waals surface area contributed by atoms with Crippen LogP contribution in [-0.4, -0.2) is 154 Å². The third-order valence-corrected chi connectivity index (χ3v) is 31.8. The van der Waals surface area contributed by atoms with Crippen molar-refractivity contribution in [3.05, 3.63) is 0 Å². The molecule has 13 aliphatic carbocycles. The summed E-state index contributed by atoms with van der Waals surface area (Å²) in [6.07, 6.45) is 47.4. The molecule has 0 N–H and O–H groups in total. The van der Waals surface area contributed by atoms with Gasteiger partial charge in [-0.25, -0.2) is 0 Å². The van der Waals surface area contributed by atoms with Gasteiger partial charge in [0.05, 0.1) is 120 Å². The normalized spacial score (nSPS) is 41.8. The fraction of sp³-hybridized carbons (Fsp3) is 0.947. The first-order valence-electron chi connectivity index (χ1n) is 47.5. The van der Waals surface area contributed by atoms with Crippen molar-refractivity contribution in [1.29, 1.82) is 0 Å². The first-order valence-corrected chi connectivity index (χ1v) is 47.5. The fourth-order valence-corrected chi connectivity index (χ4v) is 25.8. The predicted octanol–water partition coefficient (Wildman–Crippen LogP) is 19.6. The maximum absolute atomic E-state index is 12.5. The van der Waals surface area contributed by atoms with E-state index in [2.05, 4.69) is 83.1 Å². The average Bonchev–Trinajstić information content (AvgIpc) is 1.03. The molecule has 5 aliphatic heterocycles. The zero-order valence-corrected chi connectivity index (χ0v) is 72.9. The molecule has 21 atom stereocenters. The van der Waals surface area contributed by atoms with E-state index in [9.17, 15) is 24.0 Å². The quantitative estimate of drug-likeness (QED) is 0.0347. The van der Waals surface area contributed by atoms with Crippen LogP contribution in [0.4, 0.5) is 0 Å². The Labute approximate surface area is 686 Å². The lowest BCUT2D eigenvalue weighted by Gasteiger charge is -2.56. The highest BCUT2D eigenvalue weighted by Crippen LogP contribution is 2.59. The van der Waals surface area contributed by atoms with Crippen molar-refractivity contribution in [3.8, 4) is 0 Å². The number of fused-ring (bicyclic) bond motifs is 4. The van der Waals surface area contributed by atoms with Gasteiger partial charge in [0.1, 0.15) is 0 Å².